The van der Waals surface area contributed by atoms with Crippen molar-refractivity contribution in [1.29, 1.82) is 0 Å². The van der Waals surface area contributed by atoms with Crippen LogP contribution in [0.25, 0.3) is 0 Å². The van der Waals surface area contributed by atoms with E-state index in [9.17, 15) is 4.39 Å². The van der Waals surface area contributed by atoms with E-state index in [4.69, 9.17) is 5.73 Å². The van der Waals surface area contributed by atoms with Crippen molar-refractivity contribution >= 4 is 0 Å². The lowest BCUT2D eigenvalue weighted by atomic mass is 9.84. The molecular weight excluding hydrogens is 239 g/mol. The van der Waals surface area contributed by atoms with Gasteiger partial charge < -0.3 is 5.73 Å². The number of hydrogen-bond donors (Lipinski definition) is 1. The van der Waals surface area contributed by atoms with Gasteiger partial charge in [0.15, 0.2) is 0 Å². The molecule has 0 aliphatic heterocycles. The van der Waals surface area contributed by atoms with Crippen molar-refractivity contribution in [2.24, 2.45) is 5.73 Å². The van der Waals surface area contributed by atoms with Crippen molar-refractivity contribution in [2.75, 3.05) is 0 Å². The monoisotopic (exact) mass is 258 g/mol. The first kappa shape index (κ1) is 13.7. The summed E-state index contributed by atoms with van der Waals surface area (Å²) in [6.07, 6.45) is 2.92. The molecule has 2 N–H and O–H groups in total. The molecule has 1 atom stereocenters. The molecule has 1 unspecified atom stereocenters. The maximum absolute atomic E-state index is 13.0. The van der Waals surface area contributed by atoms with Crippen molar-refractivity contribution in [1.82, 2.24) is 4.98 Å². The van der Waals surface area contributed by atoms with Crippen LogP contribution in [0.2, 0.25) is 0 Å². The van der Waals surface area contributed by atoms with Gasteiger partial charge in [0.05, 0.1) is 17.4 Å². The van der Waals surface area contributed by atoms with Crippen LogP contribution in [0.5, 0.6) is 0 Å². The second kappa shape index (κ2) is 5.49. The number of halogens is 1. The second-order valence-electron chi connectivity index (χ2n) is 4.74. The minimum Gasteiger partial charge on any atom is -0.316 e. The minimum atomic E-state index is -0.667. The lowest BCUT2D eigenvalue weighted by Gasteiger charge is -2.28. The summed E-state index contributed by atoms with van der Waals surface area (Å²) in [4.78, 5) is 4.14. The quantitative estimate of drug-likeness (QED) is 0.913. The summed E-state index contributed by atoms with van der Waals surface area (Å²) in [5.41, 5.74) is 8.80. The molecule has 0 saturated heterocycles. The predicted octanol–water partition coefficient (Wildman–Crippen LogP) is 3.40. The summed E-state index contributed by atoms with van der Waals surface area (Å²) in [5.74, 6) is -0.344. The van der Waals surface area contributed by atoms with E-state index in [1.54, 1.807) is 6.07 Å². The van der Waals surface area contributed by atoms with E-state index in [1.165, 1.54) is 17.8 Å². The zero-order valence-corrected chi connectivity index (χ0v) is 11.4. The lowest BCUT2D eigenvalue weighted by Crippen LogP contribution is -2.38. The molecule has 0 aliphatic rings. The molecule has 1 heterocycles. The number of nitrogens with zero attached hydrogens (tertiary/aromatic N) is 1. The number of nitrogens with two attached hydrogens (primary N) is 1. The van der Waals surface area contributed by atoms with Crippen LogP contribution in [0.4, 0.5) is 4.39 Å². The number of aryl methyl sites for hydroxylation is 1. The van der Waals surface area contributed by atoms with Crippen molar-refractivity contribution in [3.8, 4) is 0 Å². The van der Waals surface area contributed by atoms with E-state index in [2.05, 4.69) is 24.0 Å². The standard InChI is InChI=1S/C16H19FN2/c1-3-12-5-7-13(8-6-12)16(18,4-2)15-10-9-14(17)11-19-15/h5-11H,3-4,18H2,1-2H3. The maximum Gasteiger partial charge on any atom is 0.141 e. The third-order valence-corrected chi connectivity index (χ3v) is 3.62. The number of rotatable bonds is 4. The van der Waals surface area contributed by atoms with Gasteiger partial charge in [0.25, 0.3) is 0 Å². The van der Waals surface area contributed by atoms with E-state index < -0.39 is 5.54 Å². The number of benzene rings is 1. The van der Waals surface area contributed by atoms with E-state index in [0.29, 0.717) is 12.1 Å². The average molecular weight is 258 g/mol. The van der Waals surface area contributed by atoms with Crippen LogP contribution in [0.1, 0.15) is 37.1 Å². The molecule has 0 amide bonds. The van der Waals surface area contributed by atoms with Crippen LogP contribution in [0.3, 0.4) is 0 Å². The Labute approximate surface area is 113 Å². The van der Waals surface area contributed by atoms with E-state index in [0.717, 1.165) is 12.0 Å². The molecule has 1 aromatic carbocycles. The molecule has 2 aromatic rings. The normalized spacial score (nSPS) is 14.1. The highest BCUT2D eigenvalue weighted by Crippen LogP contribution is 2.29. The first-order chi connectivity index (χ1) is 9.10. The van der Waals surface area contributed by atoms with Crippen LogP contribution in [0.15, 0.2) is 42.6 Å². The smallest absolute Gasteiger partial charge is 0.141 e. The van der Waals surface area contributed by atoms with Gasteiger partial charge in [-0.2, -0.15) is 0 Å². The first-order valence-electron chi connectivity index (χ1n) is 6.60. The second-order valence-corrected chi connectivity index (χ2v) is 4.74. The topological polar surface area (TPSA) is 38.9 Å². The molecule has 0 spiro atoms. The zero-order valence-electron chi connectivity index (χ0n) is 11.4. The summed E-state index contributed by atoms with van der Waals surface area (Å²) in [5, 5.41) is 0. The molecular formula is C16H19FN2. The fourth-order valence-electron chi connectivity index (χ4n) is 2.21. The van der Waals surface area contributed by atoms with Crippen molar-refractivity contribution in [2.45, 2.75) is 32.2 Å². The molecule has 0 fully saturated rings. The van der Waals surface area contributed by atoms with E-state index in [-0.39, 0.29) is 5.82 Å². The Morgan fingerprint density at radius 1 is 1.11 bits per heavy atom. The summed E-state index contributed by atoms with van der Waals surface area (Å²) >= 11 is 0. The Hall–Kier alpha value is -1.74. The van der Waals surface area contributed by atoms with Gasteiger partial charge in [0.2, 0.25) is 0 Å². The molecule has 0 radical (unpaired) electrons. The highest BCUT2D eigenvalue weighted by molar-refractivity contribution is 5.35. The third-order valence-electron chi connectivity index (χ3n) is 3.62. The van der Waals surface area contributed by atoms with Gasteiger partial charge >= 0.3 is 0 Å². The highest BCUT2D eigenvalue weighted by atomic mass is 19.1. The van der Waals surface area contributed by atoms with Gasteiger partial charge in [-0.05, 0) is 36.1 Å². The third kappa shape index (κ3) is 2.66. The zero-order chi connectivity index (χ0) is 13.9. The van der Waals surface area contributed by atoms with Crippen LogP contribution < -0.4 is 5.73 Å². The maximum atomic E-state index is 13.0. The molecule has 0 bridgehead atoms. The van der Waals surface area contributed by atoms with Crippen LogP contribution in [-0.4, -0.2) is 4.98 Å². The highest BCUT2D eigenvalue weighted by Gasteiger charge is 2.28. The Morgan fingerprint density at radius 3 is 2.26 bits per heavy atom. The van der Waals surface area contributed by atoms with Gasteiger partial charge in [-0.3, -0.25) is 4.98 Å². The van der Waals surface area contributed by atoms with Crippen LogP contribution in [-0.2, 0) is 12.0 Å². The summed E-state index contributed by atoms with van der Waals surface area (Å²) in [6, 6.07) is 11.3. The van der Waals surface area contributed by atoms with Gasteiger partial charge in [-0.15, -0.1) is 0 Å². The number of hydrogen-bond acceptors (Lipinski definition) is 2. The Bertz CT molecular complexity index is 534. The van der Waals surface area contributed by atoms with Gasteiger partial charge in [-0.1, -0.05) is 38.1 Å². The average Bonchev–Trinajstić information content (AvgIpc) is 2.47. The van der Waals surface area contributed by atoms with Crippen molar-refractivity contribution in [3.63, 3.8) is 0 Å². The largest absolute Gasteiger partial charge is 0.316 e. The molecule has 2 rings (SSSR count). The summed E-state index contributed by atoms with van der Waals surface area (Å²) in [6.45, 7) is 4.13. The number of pyridine rings is 1. The molecule has 3 heteroatoms. The van der Waals surface area contributed by atoms with E-state index in [1.807, 2.05) is 19.1 Å². The summed E-state index contributed by atoms with van der Waals surface area (Å²) in [7, 11) is 0. The van der Waals surface area contributed by atoms with Gasteiger partial charge in [0.1, 0.15) is 5.82 Å². The van der Waals surface area contributed by atoms with Crippen LogP contribution >= 0.6 is 0 Å². The predicted molar refractivity (Wildman–Crippen MR) is 75.3 cm³/mol. The molecule has 19 heavy (non-hydrogen) atoms. The van der Waals surface area contributed by atoms with Gasteiger partial charge in [-0.25, -0.2) is 4.39 Å². The Balaban J connectivity index is 2.43. The van der Waals surface area contributed by atoms with Gasteiger partial charge in [0, 0.05) is 0 Å². The Morgan fingerprint density at radius 2 is 1.79 bits per heavy atom. The van der Waals surface area contributed by atoms with E-state index >= 15 is 0 Å². The fourth-order valence-corrected chi connectivity index (χ4v) is 2.21. The molecule has 0 aliphatic carbocycles. The van der Waals surface area contributed by atoms with Crippen LogP contribution in [0, 0.1) is 5.82 Å². The summed E-state index contributed by atoms with van der Waals surface area (Å²) < 4.78 is 13.0. The molecule has 1 aromatic heterocycles. The molecule has 100 valence electrons. The molecule has 2 nitrogen and oxygen atoms in total. The Kier molecular flexibility index (Phi) is 3.96. The molecule has 0 saturated carbocycles. The van der Waals surface area contributed by atoms with Crippen molar-refractivity contribution in [3.05, 3.63) is 65.2 Å². The lowest BCUT2D eigenvalue weighted by molar-refractivity contribution is 0.498. The van der Waals surface area contributed by atoms with Crippen molar-refractivity contribution < 1.29 is 4.39 Å². The number of aromatic nitrogens is 1. The first-order valence-corrected chi connectivity index (χ1v) is 6.60. The fraction of sp³-hybridized carbons (Fsp3) is 0.312. The minimum absolute atomic E-state index is 0.344. The SMILES string of the molecule is CCc1ccc(C(N)(CC)c2ccc(F)cn2)cc1.